The molecule has 3 aromatic carbocycles. The maximum Gasteiger partial charge on any atom is 0.235 e. The van der Waals surface area contributed by atoms with Crippen molar-refractivity contribution >= 4 is 52.3 Å². The molecule has 4 nitrogen and oxygen atoms in total. The van der Waals surface area contributed by atoms with Crippen LogP contribution < -0.4 is 11.5 Å². The number of thioether (sulfide) groups is 1. The number of para-hydroxylation sites is 1. The first-order valence-corrected chi connectivity index (χ1v) is 9.91. The lowest BCUT2D eigenvalue weighted by atomic mass is 9.97. The summed E-state index contributed by atoms with van der Waals surface area (Å²) in [4.78, 5) is 26.0. The van der Waals surface area contributed by atoms with Gasteiger partial charge in [0.25, 0.3) is 0 Å². The Kier molecular flexibility index (Phi) is 6.29. The maximum atomic E-state index is 13.0. The van der Waals surface area contributed by atoms with Crippen LogP contribution in [0.1, 0.15) is 26.7 Å². The number of nitrogen functional groups attached to an aromatic ring is 1. The monoisotopic (exact) mass is 430 g/mol. The van der Waals surface area contributed by atoms with Crippen LogP contribution in [0.4, 0.5) is 5.69 Å². The summed E-state index contributed by atoms with van der Waals surface area (Å²) < 4.78 is 0. The Bertz CT molecular complexity index is 1040. The molecule has 1 atom stereocenters. The molecular weight excluding hydrogens is 415 g/mol. The van der Waals surface area contributed by atoms with Crippen molar-refractivity contribution in [3.8, 4) is 0 Å². The standard InChI is InChI=1S/C21H16Cl2N2O2S/c22-12-9-10-14(17(23)11-12)19(26)15-7-4-8-16(18(15)24)20(21(25)27)28-13-5-2-1-3-6-13/h1-11,20H,24H2,(H2,25,27). The van der Waals surface area contributed by atoms with E-state index < -0.39 is 11.2 Å². The predicted molar refractivity (Wildman–Crippen MR) is 115 cm³/mol. The van der Waals surface area contributed by atoms with Gasteiger partial charge in [0, 0.05) is 26.7 Å². The zero-order valence-electron chi connectivity index (χ0n) is 14.6. The highest BCUT2D eigenvalue weighted by atomic mass is 35.5. The zero-order valence-corrected chi connectivity index (χ0v) is 16.9. The van der Waals surface area contributed by atoms with Crippen LogP contribution >= 0.6 is 35.0 Å². The van der Waals surface area contributed by atoms with E-state index in [1.165, 1.54) is 17.8 Å². The average Bonchev–Trinajstić information content (AvgIpc) is 2.67. The Hall–Kier alpha value is -2.47. The van der Waals surface area contributed by atoms with Gasteiger partial charge in [-0.1, -0.05) is 53.5 Å². The number of anilines is 1. The second-order valence-corrected chi connectivity index (χ2v) is 8.00. The molecule has 0 aliphatic heterocycles. The normalized spacial score (nSPS) is 11.8. The van der Waals surface area contributed by atoms with E-state index in [9.17, 15) is 9.59 Å². The molecule has 28 heavy (non-hydrogen) atoms. The highest BCUT2D eigenvalue weighted by Crippen LogP contribution is 2.39. The fourth-order valence-corrected chi connectivity index (χ4v) is 4.27. The number of carbonyl (C=O) groups is 2. The molecule has 0 aromatic heterocycles. The van der Waals surface area contributed by atoms with Crippen molar-refractivity contribution in [3.63, 3.8) is 0 Å². The fourth-order valence-electron chi connectivity index (χ4n) is 2.74. The van der Waals surface area contributed by atoms with Gasteiger partial charge < -0.3 is 11.5 Å². The number of halogens is 2. The second kappa shape index (κ2) is 8.69. The zero-order chi connectivity index (χ0) is 20.3. The van der Waals surface area contributed by atoms with Crippen molar-refractivity contribution < 1.29 is 9.59 Å². The molecule has 7 heteroatoms. The van der Waals surface area contributed by atoms with Crippen molar-refractivity contribution in [2.45, 2.75) is 10.1 Å². The van der Waals surface area contributed by atoms with E-state index in [2.05, 4.69) is 0 Å². The molecule has 0 heterocycles. The van der Waals surface area contributed by atoms with Crippen molar-refractivity contribution in [1.82, 2.24) is 0 Å². The van der Waals surface area contributed by atoms with Crippen LogP contribution in [-0.4, -0.2) is 11.7 Å². The summed E-state index contributed by atoms with van der Waals surface area (Å²) in [6.07, 6.45) is 0. The molecule has 0 saturated carbocycles. The third-order valence-corrected chi connectivity index (χ3v) is 5.91. The minimum absolute atomic E-state index is 0.200. The summed E-state index contributed by atoms with van der Waals surface area (Å²) in [7, 11) is 0. The Labute approximate surface area is 176 Å². The highest BCUT2D eigenvalue weighted by molar-refractivity contribution is 8.00. The number of primary amides is 1. The molecule has 0 aliphatic carbocycles. The summed E-state index contributed by atoms with van der Waals surface area (Å²) in [6, 6.07) is 18.9. The van der Waals surface area contributed by atoms with E-state index in [0.717, 1.165) is 4.90 Å². The molecular formula is C21H16Cl2N2O2S. The summed E-state index contributed by atoms with van der Waals surface area (Å²) in [6.45, 7) is 0. The molecule has 3 aromatic rings. The first-order valence-electron chi connectivity index (χ1n) is 8.27. The first-order chi connectivity index (χ1) is 13.4. The lowest BCUT2D eigenvalue weighted by molar-refractivity contribution is -0.117. The number of nitrogens with two attached hydrogens (primary N) is 2. The van der Waals surface area contributed by atoms with Crippen LogP contribution in [0.25, 0.3) is 0 Å². The van der Waals surface area contributed by atoms with E-state index in [0.29, 0.717) is 10.6 Å². The van der Waals surface area contributed by atoms with Gasteiger partial charge in [0.05, 0.1) is 5.02 Å². The summed E-state index contributed by atoms with van der Waals surface area (Å²) in [5.41, 5.74) is 13.1. The number of hydrogen-bond acceptors (Lipinski definition) is 4. The number of rotatable bonds is 6. The molecule has 1 unspecified atom stereocenters. The molecule has 4 N–H and O–H groups in total. The van der Waals surface area contributed by atoms with Crippen molar-refractivity contribution in [2.75, 3.05) is 5.73 Å². The van der Waals surface area contributed by atoms with Crippen molar-refractivity contribution in [2.24, 2.45) is 5.73 Å². The van der Waals surface area contributed by atoms with Gasteiger partial charge >= 0.3 is 0 Å². The Balaban J connectivity index is 2.01. The summed E-state index contributed by atoms with van der Waals surface area (Å²) in [5.74, 6) is -0.899. The van der Waals surface area contributed by atoms with Crippen LogP contribution in [0.5, 0.6) is 0 Å². The van der Waals surface area contributed by atoms with Gasteiger partial charge in [-0.05, 0) is 42.0 Å². The number of carbonyl (C=O) groups excluding carboxylic acids is 2. The lowest BCUT2D eigenvalue weighted by Gasteiger charge is -2.18. The molecule has 0 saturated heterocycles. The SMILES string of the molecule is NC(=O)C(Sc1ccccc1)c1cccc(C(=O)c2ccc(Cl)cc2Cl)c1N. The summed E-state index contributed by atoms with van der Waals surface area (Å²) >= 11 is 13.3. The lowest BCUT2D eigenvalue weighted by Crippen LogP contribution is -2.21. The molecule has 0 bridgehead atoms. The van der Waals surface area contributed by atoms with Crippen LogP contribution in [-0.2, 0) is 4.79 Å². The first kappa shape index (κ1) is 20.3. The molecule has 0 fully saturated rings. The average molecular weight is 431 g/mol. The second-order valence-electron chi connectivity index (χ2n) is 5.98. The van der Waals surface area contributed by atoms with E-state index in [1.54, 1.807) is 30.3 Å². The quantitative estimate of drug-likeness (QED) is 0.322. The van der Waals surface area contributed by atoms with Crippen LogP contribution in [0.3, 0.4) is 0 Å². The van der Waals surface area contributed by atoms with Gasteiger partial charge in [-0.3, -0.25) is 9.59 Å². The maximum absolute atomic E-state index is 13.0. The number of benzene rings is 3. The van der Waals surface area contributed by atoms with Crippen LogP contribution in [0, 0.1) is 0 Å². The molecule has 142 valence electrons. The Morgan fingerprint density at radius 3 is 2.25 bits per heavy atom. The number of amides is 1. The summed E-state index contributed by atoms with van der Waals surface area (Å²) in [5, 5.41) is -0.0837. The molecule has 1 amide bonds. The fraction of sp³-hybridized carbons (Fsp3) is 0.0476. The number of ketones is 1. The van der Waals surface area contributed by atoms with Gasteiger partial charge in [0.1, 0.15) is 5.25 Å². The third-order valence-electron chi connectivity index (χ3n) is 4.10. The number of hydrogen-bond donors (Lipinski definition) is 2. The van der Waals surface area contributed by atoms with E-state index in [1.807, 2.05) is 30.3 Å². The molecule has 3 rings (SSSR count). The third kappa shape index (κ3) is 4.33. The van der Waals surface area contributed by atoms with Gasteiger partial charge in [0.15, 0.2) is 5.78 Å². The Morgan fingerprint density at radius 1 is 0.893 bits per heavy atom. The molecule has 0 aliphatic rings. The van der Waals surface area contributed by atoms with E-state index >= 15 is 0 Å². The highest BCUT2D eigenvalue weighted by Gasteiger charge is 2.25. The van der Waals surface area contributed by atoms with Crippen LogP contribution in [0.2, 0.25) is 10.0 Å². The van der Waals surface area contributed by atoms with Gasteiger partial charge in [-0.15, -0.1) is 11.8 Å². The van der Waals surface area contributed by atoms with E-state index in [-0.39, 0.29) is 27.6 Å². The van der Waals surface area contributed by atoms with Crippen molar-refractivity contribution in [3.05, 3.63) is 93.5 Å². The minimum atomic E-state index is -0.740. The smallest absolute Gasteiger partial charge is 0.235 e. The van der Waals surface area contributed by atoms with Crippen molar-refractivity contribution in [1.29, 1.82) is 0 Å². The minimum Gasteiger partial charge on any atom is -0.398 e. The molecule has 0 spiro atoms. The largest absolute Gasteiger partial charge is 0.398 e. The molecule has 0 radical (unpaired) electrons. The van der Waals surface area contributed by atoms with Gasteiger partial charge in [-0.25, -0.2) is 0 Å². The van der Waals surface area contributed by atoms with Gasteiger partial charge in [-0.2, -0.15) is 0 Å². The Morgan fingerprint density at radius 2 is 1.61 bits per heavy atom. The van der Waals surface area contributed by atoms with Gasteiger partial charge in [0.2, 0.25) is 5.91 Å². The van der Waals surface area contributed by atoms with Crippen LogP contribution in [0.15, 0.2) is 71.6 Å². The topological polar surface area (TPSA) is 86.2 Å². The van der Waals surface area contributed by atoms with E-state index in [4.69, 9.17) is 34.7 Å². The predicted octanol–water partition coefficient (Wildman–Crippen LogP) is 5.13.